The molecule has 1 N–H and O–H groups in total. The summed E-state index contributed by atoms with van der Waals surface area (Å²) >= 11 is 0. The van der Waals surface area contributed by atoms with Gasteiger partial charge in [0, 0.05) is 17.7 Å². The Morgan fingerprint density at radius 3 is 2.06 bits per heavy atom. The van der Waals surface area contributed by atoms with Crippen LogP contribution in [-0.2, 0) is 9.59 Å². The summed E-state index contributed by atoms with van der Waals surface area (Å²) in [6, 6.07) is 31.0. The number of hydrogen-bond acceptors (Lipinski definition) is 3. The predicted octanol–water partition coefficient (Wildman–Crippen LogP) is 5.91. The minimum atomic E-state index is -0.291. The van der Waals surface area contributed by atoms with Crippen molar-refractivity contribution in [2.75, 3.05) is 11.9 Å². The highest BCUT2D eigenvalue weighted by Crippen LogP contribution is 2.26. The first-order chi connectivity index (χ1) is 17.5. The molecule has 2 amide bonds. The van der Waals surface area contributed by atoms with Gasteiger partial charge in [-0.3, -0.25) is 9.59 Å². The Hall–Kier alpha value is -4.19. The first-order valence-electron chi connectivity index (χ1n) is 12.3. The fraction of sp³-hybridized carbons (Fsp3) is 0.233. The van der Waals surface area contributed by atoms with Crippen molar-refractivity contribution >= 4 is 17.6 Å². The van der Waals surface area contributed by atoms with Gasteiger partial charge in [-0.15, -0.1) is 0 Å². The van der Waals surface area contributed by atoms with Crippen LogP contribution in [0.15, 0.2) is 97.1 Å². The van der Waals surface area contributed by atoms with Crippen LogP contribution in [-0.4, -0.2) is 39.1 Å². The normalized spacial score (nSPS) is 11.8. The van der Waals surface area contributed by atoms with E-state index in [2.05, 4.69) is 5.32 Å². The molecule has 36 heavy (non-hydrogen) atoms. The number of aromatic nitrogens is 2. The Bertz CT molecular complexity index is 1280. The second-order valence-electron chi connectivity index (χ2n) is 9.01. The molecule has 0 aliphatic heterocycles. The van der Waals surface area contributed by atoms with Gasteiger partial charge in [0.25, 0.3) is 0 Å². The van der Waals surface area contributed by atoms with E-state index >= 15 is 0 Å². The molecule has 0 spiro atoms. The van der Waals surface area contributed by atoms with Gasteiger partial charge in [-0.1, -0.05) is 85.8 Å². The van der Waals surface area contributed by atoms with Gasteiger partial charge in [0.05, 0.1) is 17.3 Å². The van der Waals surface area contributed by atoms with Crippen molar-refractivity contribution in [3.63, 3.8) is 0 Å². The Labute approximate surface area is 212 Å². The lowest BCUT2D eigenvalue weighted by Gasteiger charge is -2.30. The Kier molecular flexibility index (Phi) is 7.95. The predicted molar refractivity (Wildman–Crippen MR) is 144 cm³/mol. The Morgan fingerprint density at radius 2 is 1.47 bits per heavy atom. The first-order valence-corrected chi connectivity index (χ1v) is 12.3. The summed E-state index contributed by atoms with van der Waals surface area (Å²) in [5.74, 6) is -0.0516. The van der Waals surface area contributed by atoms with Crippen LogP contribution in [0.4, 0.5) is 5.82 Å². The van der Waals surface area contributed by atoms with Gasteiger partial charge >= 0.3 is 0 Å². The minimum absolute atomic E-state index is 0.0412. The van der Waals surface area contributed by atoms with Crippen LogP contribution in [0.25, 0.3) is 16.9 Å². The summed E-state index contributed by atoms with van der Waals surface area (Å²) < 4.78 is 1.72. The van der Waals surface area contributed by atoms with E-state index in [1.807, 2.05) is 118 Å². The number of para-hydroxylation sites is 1. The van der Waals surface area contributed by atoms with Crippen LogP contribution in [0.1, 0.15) is 38.7 Å². The van der Waals surface area contributed by atoms with Gasteiger partial charge < -0.3 is 10.2 Å². The van der Waals surface area contributed by atoms with Crippen molar-refractivity contribution in [1.29, 1.82) is 0 Å². The number of nitrogens with zero attached hydrogens (tertiary/aromatic N) is 3. The summed E-state index contributed by atoms with van der Waals surface area (Å²) in [6.07, 6.45) is 0.662. The molecule has 3 aromatic carbocycles. The lowest BCUT2D eigenvalue weighted by molar-refractivity contribution is -0.137. The van der Waals surface area contributed by atoms with E-state index in [0.29, 0.717) is 12.2 Å². The zero-order chi connectivity index (χ0) is 25.5. The molecular weight excluding hydrogens is 448 g/mol. The van der Waals surface area contributed by atoms with Crippen molar-refractivity contribution in [2.24, 2.45) is 0 Å². The van der Waals surface area contributed by atoms with E-state index in [0.717, 1.165) is 22.5 Å². The second kappa shape index (κ2) is 11.5. The van der Waals surface area contributed by atoms with Crippen LogP contribution >= 0.6 is 0 Å². The largest absolute Gasteiger partial charge is 0.330 e. The minimum Gasteiger partial charge on any atom is -0.330 e. The van der Waals surface area contributed by atoms with Crippen molar-refractivity contribution in [2.45, 2.75) is 39.2 Å². The zero-order valence-corrected chi connectivity index (χ0v) is 21.0. The highest BCUT2D eigenvalue weighted by molar-refractivity contribution is 5.95. The zero-order valence-electron chi connectivity index (χ0n) is 21.0. The fourth-order valence-electron chi connectivity index (χ4n) is 4.28. The molecule has 1 atom stereocenters. The number of amides is 2. The maximum Gasteiger partial charge on any atom is 0.245 e. The molecular formula is C30H32N4O2. The molecule has 1 unspecified atom stereocenters. The number of carbonyl (C=O) groups excluding carboxylic acids is 2. The fourth-order valence-corrected chi connectivity index (χ4v) is 4.28. The standard InChI is InChI=1S/C30H32N4O2/c1-4-26(23-14-8-5-9-15-23)30(36)33(22(2)3)21-29(35)31-28-20-27(24-16-10-6-11-17-24)32-34(28)25-18-12-7-13-19-25/h5-20,22,26H,4,21H2,1-3H3,(H,31,35). The first kappa shape index (κ1) is 24.9. The molecule has 0 aliphatic rings. The van der Waals surface area contributed by atoms with E-state index in [-0.39, 0.29) is 30.3 Å². The molecule has 1 aromatic heterocycles. The topological polar surface area (TPSA) is 67.2 Å². The highest BCUT2D eigenvalue weighted by Gasteiger charge is 2.28. The number of carbonyl (C=O) groups is 2. The van der Waals surface area contributed by atoms with Crippen LogP contribution in [0.3, 0.4) is 0 Å². The summed E-state index contributed by atoms with van der Waals surface area (Å²) in [5.41, 5.74) is 3.50. The molecule has 1 heterocycles. The molecule has 6 heteroatoms. The van der Waals surface area contributed by atoms with Gasteiger partial charge in [-0.05, 0) is 38.0 Å². The molecule has 4 aromatic rings. The van der Waals surface area contributed by atoms with E-state index < -0.39 is 0 Å². The highest BCUT2D eigenvalue weighted by atomic mass is 16.2. The number of rotatable bonds is 9. The summed E-state index contributed by atoms with van der Waals surface area (Å²) in [6.45, 7) is 5.83. The number of benzene rings is 3. The molecule has 0 bridgehead atoms. The van der Waals surface area contributed by atoms with Crippen molar-refractivity contribution in [3.8, 4) is 16.9 Å². The van der Waals surface area contributed by atoms with E-state index in [1.54, 1.807) is 9.58 Å². The van der Waals surface area contributed by atoms with E-state index in [1.165, 1.54) is 0 Å². The second-order valence-corrected chi connectivity index (χ2v) is 9.01. The van der Waals surface area contributed by atoms with Crippen LogP contribution in [0, 0.1) is 0 Å². The summed E-state index contributed by atoms with van der Waals surface area (Å²) in [7, 11) is 0. The molecule has 0 aliphatic carbocycles. The van der Waals surface area contributed by atoms with Gasteiger partial charge in [-0.25, -0.2) is 4.68 Å². The molecule has 0 fully saturated rings. The monoisotopic (exact) mass is 480 g/mol. The summed E-state index contributed by atoms with van der Waals surface area (Å²) in [4.78, 5) is 28.4. The van der Waals surface area contributed by atoms with Crippen molar-refractivity contribution in [3.05, 3.63) is 103 Å². The third-order valence-electron chi connectivity index (χ3n) is 6.18. The van der Waals surface area contributed by atoms with E-state index in [4.69, 9.17) is 5.10 Å². The van der Waals surface area contributed by atoms with Gasteiger partial charge in [0.15, 0.2) is 0 Å². The van der Waals surface area contributed by atoms with Crippen LogP contribution in [0.5, 0.6) is 0 Å². The Balaban J connectivity index is 1.58. The Morgan fingerprint density at radius 1 is 0.889 bits per heavy atom. The quantitative estimate of drug-likeness (QED) is 0.324. The number of anilines is 1. The molecule has 0 saturated carbocycles. The average molecular weight is 481 g/mol. The maximum absolute atomic E-state index is 13.5. The molecule has 4 rings (SSSR count). The average Bonchev–Trinajstić information content (AvgIpc) is 3.32. The molecule has 0 saturated heterocycles. The van der Waals surface area contributed by atoms with Crippen molar-refractivity contribution < 1.29 is 9.59 Å². The van der Waals surface area contributed by atoms with Gasteiger partial charge in [0.2, 0.25) is 11.8 Å². The van der Waals surface area contributed by atoms with E-state index in [9.17, 15) is 9.59 Å². The third-order valence-corrected chi connectivity index (χ3v) is 6.18. The molecule has 184 valence electrons. The van der Waals surface area contributed by atoms with Crippen molar-refractivity contribution in [1.82, 2.24) is 14.7 Å². The molecule has 0 radical (unpaired) electrons. The lowest BCUT2D eigenvalue weighted by Crippen LogP contribution is -2.44. The van der Waals surface area contributed by atoms with Crippen LogP contribution in [0.2, 0.25) is 0 Å². The van der Waals surface area contributed by atoms with Crippen LogP contribution < -0.4 is 5.32 Å². The number of hydrogen-bond donors (Lipinski definition) is 1. The lowest BCUT2D eigenvalue weighted by atomic mass is 9.94. The third kappa shape index (κ3) is 5.71. The smallest absolute Gasteiger partial charge is 0.245 e. The summed E-state index contributed by atoms with van der Waals surface area (Å²) in [5, 5.41) is 7.76. The molecule has 6 nitrogen and oxygen atoms in total. The van der Waals surface area contributed by atoms with Gasteiger partial charge in [0.1, 0.15) is 12.4 Å². The van der Waals surface area contributed by atoms with Gasteiger partial charge in [-0.2, -0.15) is 5.10 Å². The maximum atomic E-state index is 13.5. The number of nitrogens with one attached hydrogen (secondary N) is 1. The SMILES string of the molecule is CCC(C(=O)N(CC(=O)Nc1cc(-c2ccccc2)nn1-c1ccccc1)C(C)C)c1ccccc1.